The molecule has 2 rings (SSSR count). The molecule has 3 heteroatoms. The largest absolute Gasteiger partial charge is 0.468 e. The molecule has 2 aliphatic rings. The highest BCUT2D eigenvalue weighted by Crippen LogP contribution is 2.67. The van der Waals surface area contributed by atoms with E-state index in [1.54, 1.807) is 0 Å². The zero-order valence-corrected chi connectivity index (χ0v) is 11.3. The molecule has 0 aromatic rings. The van der Waals surface area contributed by atoms with Gasteiger partial charge in [0.15, 0.2) is 5.78 Å². The Hall–Kier alpha value is -1.12. The average molecular weight is 250 g/mol. The topological polar surface area (TPSA) is 43.4 Å². The van der Waals surface area contributed by atoms with Crippen LogP contribution in [0.2, 0.25) is 0 Å². The smallest absolute Gasteiger partial charge is 0.320 e. The monoisotopic (exact) mass is 250 g/mol. The number of hydrogen-bond donors (Lipinski definition) is 0. The van der Waals surface area contributed by atoms with Crippen molar-refractivity contribution < 1.29 is 14.3 Å². The summed E-state index contributed by atoms with van der Waals surface area (Å²) in [5.74, 6) is 0.0773. The number of allylic oxidation sites excluding steroid dienone is 2. The number of carbonyl (C=O) groups excluding carboxylic acids is 2. The van der Waals surface area contributed by atoms with Crippen molar-refractivity contribution in [2.45, 2.75) is 45.4 Å². The van der Waals surface area contributed by atoms with E-state index >= 15 is 0 Å². The van der Waals surface area contributed by atoms with E-state index in [1.165, 1.54) is 26.4 Å². The summed E-state index contributed by atoms with van der Waals surface area (Å²) in [4.78, 5) is 23.8. The molecule has 0 aromatic heterocycles. The fraction of sp³-hybridized carbons (Fsp3) is 0.733. The van der Waals surface area contributed by atoms with Gasteiger partial charge in [0.2, 0.25) is 0 Å². The third kappa shape index (κ3) is 1.90. The van der Waals surface area contributed by atoms with Crippen LogP contribution in [0.25, 0.3) is 0 Å². The molecule has 0 radical (unpaired) electrons. The Morgan fingerprint density at radius 1 is 1.50 bits per heavy atom. The Bertz CT molecular complexity index is 372. The normalized spacial score (nSPS) is 33.8. The molecule has 0 spiro atoms. The fourth-order valence-electron chi connectivity index (χ4n) is 3.39. The number of Topliss-reactive ketones (excluding diaryl/α,β-unsaturated/α-hetero) is 1. The second-order valence-electron chi connectivity index (χ2n) is 5.38. The van der Waals surface area contributed by atoms with Gasteiger partial charge in [-0.1, -0.05) is 31.9 Å². The van der Waals surface area contributed by atoms with Gasteiger partial charge in [-0.25, -0.2) is 0 Å². The lowest BCUT2D eigenvalue weighted by atomic mass is 9.98. The summed E-state index contributed by atoms with van der Waals surface area (Å²) < 4.78 is 4.83. The zero-order valence-electron chi connectivity index (χ0n) is 11.3. The van der Waals surface area contributed by atoms with Crippen molar-refractivity contribution in [3.63, 3.8) is 0 Å². The average Bonchev–Trinajstić information content (AvgIpc) is 2.90. The molecule has 3 nitrogen and oxygen atoms in total. The maximum atomic E-state index is 11.9. The molecule has 0 bridgehead atoms. The van der Waals surface area contributed by atoms with Crippen LogP contribution in [0.4, 0.5) is 0 Å². The van der Waals surface area contributed by atoms with Crippen LogP contribution in [0.1, 0.15) is 45.4 Å². The second kappa shape index (κ2) is 5.25. The maximum absolute atomic E-state index is 11.9. The molecular weight excluding hydrogens is 228 g/mol. The summed E-state index contributed by atoms with van der Waals surface area (Å²) in [7, 11) is 1.38. The number of unbranched alkanes of at least 4 members (excludes halogenated alkanes) is 3. The van der Waals surface area contributed by atoms with E-state index in [-0.39, 0.29) is 23.6 Å². The molecule has 0 unspecified atom stereocenters. The van der Waals surface area contributed by atoms with Gasteiger partial charge >= 0.3 is 5.97 Å². The molecule has 18 heavy (non-hydrogen) atoms. The van der Waals surface area contributed by atoms with E-state index in [4.69, 9.17) is 4.74 Å². The van der Waals surface area contributed by atoms with Crippen LogP contribution in [-0.4, -0.2) is 18.9 Å². The maximum Gasteiger partial charge on any atom is 0.320 e. The van der Waals surface area contributed by atoms with Crippen molar-refractivity contribution >= 4 is 11.8 Å². The molecule has 100 valence electrons. The lowest BCUT2D eigenvalue weighted by Gasteiger charge is -2.09. The first-order valence-corrected chi connectivity index (χ1v) is 6.98. The van der Waals surface area contributed by atoms with E-state index in [9.17, 15) is 9.59 Å². The first kappa shape index (κ1) is 13.3. The molecule has 0 heterocycles. The van der Waals surface area contributed by atoms with Crippen LogP contribution >= 0.6 is 0 Å². The van der Waals surface area contributed by atoms with Crippen LogP contribution in [0.5, 0.6) is 0 Å². The number of fused-ring (bicyclic) bond motifs is 1. The number of ether oxygens (including phenoxy) is 1. The van der Waals surface area contributed by atoms with E-state index in [0.717, 1.165) is 12.8 Å². The third-order valence-electron chi connectivity index (χ3n) is 4.42. The van der Waals surface area contributed by atoms with Crippen LogP contribution in [0.15, 0.2) is 12.2 Å². The lowest BCUT2D eigenvalue weighted by Crippen LogP contribution is -2.27. The molecular formula is C15H22O3. The highest BCUT2D eigenvalue weighted by molar-refractivity contribution is 6.10. The summed E-state index contributed by atoms with van der Waals surface area (Å²) in [5, 5.41) is 0. The first-order chi connectivity index (χ1) is 8.69. The highest BCUT2D eigenvalue weighted by Gasteiger charge is 2.76. The molecule has 2 saturated carbocycles. The number of esters is 1. The summed E-state index contributed by atoms with van der Waals surface area (Å²) in [6.45, 7) is 2.18. The molecule has 3 atom stereocenters. The second-order valence-corrected chi connectivity index (χ2v) is 5.38. The summed E-state index contributed by atoms with van der Waals surface area (Å²) in [6.07, 6.45) is 10.3. The van der Waals surface area contributed by atoms with Gasteiger partial charge in [-0.3, -0.25) is 9.59 Å². The first-order valence-electron chi connectivity index (χ1n) is 6.98. The van der Waals surface area contributed by atoms with E-state index in [0.29, 0.717) is 6.42 Å². The fourth-order valence-corrected chi connectivity index (χ4v) is 3.39. The van der Waals surface area contributed by atoms with Crippen LogP contribution in [0.3, 0.4) is 0 Å². The van der Waals surface area contributed by atoms with Crippen molar-refractivity contribution in [3.05, 3.63) is 12.2 Å². The van der Waals surface area contributed by atoms with Gasteiger partial charge in [0.05, 0.1) is 7.11 Å². The SMILES string of the molecule is CCCCC/C=C/[C@H]1[C@@H]2CCC(=O)[C@@]12C(=O)OC. The Morgan fingerprint density at radius 2 is 2.28 bits per heavy atom. The number of methoxy groups -OCH3 is 1. The molecule has 0 aromatic carbocycles. The molecule has 0 saturated heterocycles. The van der Waals surface area contributed by atoms with Gasteiger partial charge in [0.1, 0.15) is 5.41 Å². The van der Waals surface area contributed by atoms with Gasteiger partial charge in [0, 0.05) is 12.3 Å². The Labute approximate surface area is 109 Å². The summed E-state index contributed by atoms with van der Waals surface area (Å²) in [5.41, 5.74) is -0.796. The number of ketones is 1. The predicted octanol–water partition coefficient (Wildman–Crippen LogP) is 2.89. The highest BCUT2D eigenvalue weighted by atomic mass is 16.5. The van der Waals surface area contributed by atoms with Gasteiger partial charge in [-0.15, -0.1) is 0 Å². The number of rotatable bonds is 6. The van der Waals surface area contributed by atoms with Crippen molar-refractivity contribution in [1.29, 1.82) is 0 Å². The van der Waals surface area contributed by atoms with Crippen LogP contribution in [-0.2, 0) is 14.3 Å². The quantitative estimate of drug-likeness (QED) is 0.315. The molecule has 0 aliphatic heterocycles. The van der Waals surface area contributed by atoms with Crippen molar-refractivity contribution in [2.24, 2.45) is 17.3 Å². The Morgan fingerprint density at radius 3 is 2.94 bits per heavy atom. The van der Waals surface area contributed by atoms with Gasteiger partial charge in [-0.05, 0) is 25.2 Å². The molecule has 0 amide bonds. The van der Waals surface area contributed by atoms with E-state index in [2.05, 4.69) is 19.1 Å². The summed E-state index contributed by atoms with van der Waals surface area (Å²) in [6, 6.07) is 0. The molecule has 2 aliphatic carbocycles. The van der Waals surface area contributed by atoms with Gasteiger partial charge < -0.3 is 4.74 Å². The number of hydrogen-bond acceptors (Lipinski definition) is 3. The Balaban J connectivity index is 1.96. The van der Waals surface area contributed by atoms with E-state index in [1.807, 2.05) is 0 Å². The molecule has 2 fully saturated rings. The summed E-state index contributed by atoms with van der Waals surface area (Å²) >= 11 is 0. The van der Waals surface area contributed by atoms with Crippen LogP contribution < -0.4 is 0 Å². The number of carbonyl (C=O) groups is 2. The lowest BCUT2D eigenvalue weighted by molar-refractivity contribution is -0.151. The van der Waals surface area contributed by atoms with Gasteiger partial charge in [0.25, 0.3) is 0 Å². The molecule has 0 N–H and O–H groups in total. The van der Waals surface area contributed by atoms with E-state index < -0.39 is 5.41 Å². The van der Waals surface area contributed by atoms with Crippen LogP contribution in [0, 0.1) is 17.3 Å². The minimum atomic E-state index is -0.796. The van der Waals surface area contributed by atoms with Gasteiger partial charge in [-0.2, -0.15) is 0 Å². The predicted molar refractivity (Wildman–Crippen MR) is 69.0 cm³/mol. The van der Waals surface area contributed by atoms with Crippen molar-refractivity contribution in [1.82, 2.24) is 0 Å². The standard InChI is InChI=1S/C15H22O3/c1-3-4-5-6-7-8-11-12-9-10-13(16)15(11,12)14(17)18-2/h7-8,11-12H,3-6,9-10H2,1-2H3/b8-7+/t11-,12-,15+/m0/s1. The van der Waals surface area contributed by atoms with Crippen molar-refractivity contribution in [2.75, 3.05) is 7.11 Å². The zero-order chi connectivity index (χ0) is 13.2. The minimum Gasteiger partial charge on any atom is -0.468 e. The Kier molecular flexibility index (Phi) is 3.88. The van der Waals surface area contributed by atoms with Crippen molar-refractivity contribution in [3.8, 4) is 0 Å². The third-order valence-corrected chi connectivity index (χ3v) is 4.42. The minimum absolute atomic E-state index is 0.0857.